The van der Waals surface area contributed by atoms with Gasteiger partial charge in [0.1, 0.15) is 6.10 Å². The van der Waals surface area contributed by atoms with E-state index in [1.165, 1.54) is 6.42 Å². The van der Waals surface area contributed by atoms with Crippen molar-refractivity contribution in [3.05, 3.63) is 11.7 Å². The zero-order valence-electron chi connectivity index (χ0n) is 11.8. The van der Waals surface area contributed by atoms with Crippen LogP contribution >= 0.6 is 0 Å². The van der Waals surface area contributed by atoms with Gasteiger partial charge >= 0.3 is 0 Å². The van der Waals surface area contributed by atoms with Crippen LogP contribution in [0.15, 0.2) is 4.52 Å². The second kappa shape index (κ2) is 7.01. The van der Waals surface area contributed by atoms with Gasteiger partial charge in [-0.15, -0.1) is 0 Å². The van der Waals surface area contributed by atoms with Crippen LogP contribution in [0.25, 0.3) is 0 Å². The van der Waals surface area contributed by atoms with E-state index in [1.54, 1.807) is 0 Å². The molecule has 1 heterocycles. The lowest BCUT2D eigenvalue weighted by Crippen LogP contribution is -2.17. The van der Waals surface area contributed by atoms with E-state index in [2.05, 4.69) is 10.1 Å². The Hall–Kier alpha value is -0.940. The summed E-state index contributed by atoms with van der Waals surface area (Å²) in [6, 6.07) is 0. The van der Waals surface area contributed by atoms with Gasteiger partial charge < -0.3 is 14.4 Å². The molecule has 5 heteroatoms. The van der Waals surface area contributed by atoms with E-state index in [1.807, 2.05) is 13.8 Å². The van der Waals surface area contributed by atoms with Gasteiger partial charge in [-0.25, -0.2) is 0 Å². The van der Waals surface area contributed by atoms with Crippen molar-refractivity contribution in [2.45, 2.75) is 70.5 Å². The Morgan fingerprint density at radius 3 is 2.84 bits per heavy atom. The summed E-state index contributed by atoms with van der Waals surface area (Å²) in [7, 11) is 0. The van der Waals surface area contributed by atoms with Crippen LogP contribution in [0.4, 0.5) is 0 Å². The van der Waals surface area contributed by atoms with E-state index >= 15 is 0 Å². The smallest absolute Gasteiger partial charge is 0.232 e. The van der Waals surface area contributed by atoms with E-state index in [9.17, 15) is 5.11 Å². The molecule has 2 rings (SSSR count). The molecule has 1 aliphatic rings. The van der Waals surface area contributed by atoms with Crippen molar-refractivity contribution >= 4 is 0 Å². The molecule has 1 aromatic rings. The molecule has 108 valence electrons. The Bertz CT molecular complexity index is 381. The van der Waals surface area contributed by atoms with Gasteiger partial charge in [0.15, 0.2) is 0 Å². The minimum atomic E-state index is -0.358. The van der Waals surface area contributed by atoms with Crippen LogP contribution in [0.5, 0.6) is 0 Å². The molecule has 0 bridgehead atoms. The summed E-state index contributed by atoms with van der Waals surface area (Å²) in [4.78, 5) is 4.45. The number of aromatic nitrogens is 2. The zero-order valence-corrected chi connectivity index (χ0v) is 11.8. The van der Waals surface area contributed by atoms with Crippen molar-refractivity contribution in [2.24, 2.45) is 0 Å². The van der Waals surface area contributed by atoms with Crippen LogP contribution in [0.3, 0.4) is 0 Å². The van der Waals surface area contributed by atoms with E-state index in [0.29, 0.717) is 18.3 Å². The normalized spacial score (nSPS) is 26.1. The second-order valence-corrected chi connectivity index (χ2v) is 5.15. The molecular weight excluding hydrogens is 244 g/mol. The fourth-order valence-corrected chi connectivity index (χ4v) is 2.68. The molecule has 0 aromatic carbocycles. The number of hydrogen-bond acceptors (Lipinski definition) is 5. The SMILES string of the molecule is CCOC(CC)c1noc(C2CCCCCC2O)n1. The van der Waals surface area contributed by atoms with Gasteiger partial charge in [-0.1, -0.05) is 31.3 Å². The quantitative estimate of drug-likeness (QED) is 0.831. The highest BCUT2D eigenvalue weighted by molar-refractivity contribution is 5.00. The van der Waals surface area contributed by atoms with Crippen LogP contribution in [0.1, 0.15) is 76.1 Å². The second-order valence-electron chi connectivity index (χ2n) is 5.15. The van der Waals surface area contributed by atoms with Crippen molar-refractivity contribution in [1.82, 2.24) is 10.1 Å². The minimum absolute atomic E-state index is 0.0112. The van der Waals surface area contributed by atoms with Gasteiger partial charge in [0, 0.05) is 6.61 Å². The number of aliphatic hydroxyl groups is 1. The maximum atomic E-state index is 10.2. The molecule has 1 aliphatic carbocycles. The maximum Gasteiger partial charge on any atom is 0.232 e. The Morgan fingerprint density at radius 1 is 1.32 bits per heavy atom. The molecule has 5 nitrogen and oxygen atoms in total. The number of hydrogen-bond donors (Lipinski definition) is 1. The lowest BCUT2D eigenvalue weighted by atomic mass is 9.97. The highest BCUT2D eigenvalue weighted by Crippen LogP contribution is 2.32. The van der Waals surface area contributed by atoms with Crippen molar-refractivity contribution in [3.63, 3.8) is 0 Å². The monoisotopic (exact) mass is 268 g/mol. The molecule has 3 atom stereocenters. The first-order valence-corrected chi connectivity index (χ1v) is 7.39. The summed E-state index contributed by atoms with van der Waals surface area (Å²) in [5.74, 6) is 1.17. The number of rotatable bonds is 5. The highest BCUT2D eigenvalue weighted by Gasteiger charge is 2.29. The van der Waals surface area contributed by atoms with E-state index in [0.717, 1.165) is 32.1 Å². The molecule has 1 saturated carbocycles. The van der Waals surface area contributed by atoms with Gasteiger partial charge in [0.05, 0.1) is 12.0 Å². The van der Waals surface area contributed by atoms with Crippen molar-refractivity contribution in [3.8, 4) is 0 Å². The van der Waals surface area contributed by atoms with Gasteiger partial charge in [0.2, 0.25) is 11.7 Å². The van der Waals surface area contributed by atoms with Gasteiger partial charge in [-0.2, -0.15) is 4.98 Å². The maximum absolute atomic E-state index is 10.2. The third-order valence-electron chi connectivity index (χ3n) is 3.78. The first-order valence-electron chi connectivity index (χ1n) is 7.39. The molecular formula is C14H24N2O3. The summed E-state index contributed by atoms with van der Waals surface area (Å²) in [6.45, 7) is 4.63. The Morgan fingerprint density at radius 2 is 2.11 bits per heavy atom. The summed E-state index contributed by atoms with van der Waals surface area (Å²) >= 11 is 0. The summed E-state index contributed by atoms with van der Waals surface area (Å²) in [6.07, 6.45) is 5.47. The van der Waals surface area contributed by atoms with Gasteiger partial charge in [-0.05, 0) is 26.2 Å². The number of nitrogens with zero attached hydrogens (tertiary/aromatic N) is 2. The van der Waals surface area contributed by atoms with E-state index in [-0.39, 0.29) is 18.1 Å². The predicted molar refractivity (Wildman–Crippen MR) is 70.8 cm³/mol. The first kappa shape index (κ1) is 14.5. The van der Waals surface area contributed by atoms with Crippen LogP contribution < -0.4 is 0 Å². The average molecular weight is 268 g/mol. The molecule has 0 spiro atoms. The Kier molecular flexibility index (Phi) is 5.34. The molecule has 0 aliphatic heterocycles. The Balaban J connectivity index is 2.10. The molecule has 1 aromatic heterocycles. The third-order valence-corrected chi connectivity index (χ3v) is 3.78. The Labute approximate surface area is 114 Å². The molecule has 0 saturated heterocycles. The van der Waals surface area contributed by atoms with Crippen LogP contribution in [-0.4, -0.2) is 28.0 Å². The van der Waals surface area contributed by atoms with Crippen LogP contribution in [0, 0.1) is 0 Å². The van der Waals surface area contributed by atoms with Gasteiger partial charge in [0.25, 0.3) is 0 Å². The lowest BCUT2D eigenvalue weighted by Gasteiger charge is -2.15. The molecule has 3 unspecified atom stereocenters. The summed E-state index contributed by atoms with van der Waals surface area (Å²) < 4.78 is 10.9. The molecule has 0 amide bonds. The molecule has 1 N–H and O–H groups in total. The molecule has 0 radical (unpaired) electrons. The third kappa shape index (κ3) is 3.54. The van der Waals surface area contributed by atoms with Crippen molar-refractivity contribution in [2.75, 3.05) is 6.61 Å². The molecule has 1 fully saturated rings. The van der Waals surface area contributed by atoms with Crippen molar-refractivity contribution < 1.29 is 14.4 Å². The molecule has 19 heavy (non-hydrogen) atoms. The average Bonchev–Trinajstić information content (AvgIpc) is 2.79. The largest absolute Gasteiger partial charge is 0.392 e. The fourth-order valence-electron chi connectivity index (χ4n) is 2.68. The number of ether oxygens (including phenoxy) is 1. The topological polar surface area (TPSA) is 68.4 Å². The van der Waals surface area contributed by atoms with Gasteiger partial charge in [-0.3, -0.25) is 0 Å². The summed E-state index contributed by atoms with van der Waals surface area (Å²) in [5, 5.41) is 14.2. The predicted octanol–water partition coefficient (Wildman–Crippen LogP) is 2.97. The van der Waals surface area contributed by atoms with E-state index < -0.39 is 0 Å². The zero-order chi connectivity index (χ0) is 13.7. The number of aliphatic hydroxyl groups excluding tert-OH is 1. The van der Waals surface area contributed by atoms with Crippen molar-refractivity contribution in [1.29, 1.82) is 0 Å². The van der Waals surface area contributed by atoms with E-state index in [4.69, 9.17) is 9.26 Å². The fraction of sp³-hybridized carbons (Fsp3) is 0.857. The van der Waals surface area contributed by atoms with Crippen LogP contribution in [0.2, 0.25) is 0 Å². The summed E-state index contributed by atoms with van der Waals surface area (Å²) in [5.41, 5.74) is 0. The highest BCUT2D eigenvalue weighted by atomic mass is 16.5. The van der Waals surface area contributed by atoms with Crippen LogP contribution in [-0.2, 0) is 4.74 Å². The minimum Gasteiger partial charge on any atom is -0.392 e. The standard InChI is InChI=1S/C14H24N2O3/c1-3-12(18-4-2)13-15-14(19-16-13)10-8-6-5-7-9-11(10)17/h10-12,17H,3-9H2,1-2H3. The lowest BCUT2D eigenvalue weighted by molar-refractivity contribution is 0.0518. The first-order chi connectivity index (χ1) is 9.26.